The number of carbonyl (C=O) groups is 1. The number of pyridine rings is 1. The van der Waals surface area contributed by atoms with E-state index in [1.54, 1.807) is 6.20 Å². The van der Waals surface area contributed by atoms with Crippen molar-refractivity contribution in [3.63, 3.8) is 0 Å². The summed E-state index contributed by atoms with van der Waals surface area (Å²) in [6, 6.07) is 7.55. The SMILES string of the molecule is C=C(F)C(=O)N1CCN(c2nc(OC[C@](C)(S)OC3CC3)nc3c2CCN(c2cncc4cccc(Cl)c24)C3)C[C@@H]1CC#N. The number of carbonyl (C=O) groups excluding carboxylic acids is 1. The third-order valence-electron chi connectivity index (χ3n) is 8.09. The first-order chi connectivity index (χ1) is 21.1. The summed E-state index contributed by atoms with van der Waals surface area (Å²) in [6.45, 7) is 7.20. The van der Waals surface area contributed by atoms with Crippen LogP contribution in [0, 0.1) is 11.3 Å². The quantitative estimate of drug-likeness (QED) is 0.200. The fraction of sp³-hybridized carbons (Fsp3) is 0.452. The van der Waals surface area contributed by atoms with Gasteiger partial charge in [-0.25, -0.2) is 4.39 Å². The normalized spacial score (nSPS) is 19.7. The van der Waals surface area contributed by atoms with Crippen molar-refractivity contribution in [2.45, 2.75) is 56.2 Å². The van der Waals surface area contributed by atoms with Crippen LogP contribution in [0.3, 0.4) is 0 Å². The first kappa shape index (κ1) is 30.4. The fourth-order valence-corrected chi connectivity index (χ4v) is 6.35. The Hall–Kier alpha value is -3.66. The summed E-state index contributed by atoms with van der Waals surface area (Å²) in [5.74, 6) is -1.15. The smallest absolute Gasteiger partial charge is 0.318 e. The maximum absolute atomic E-state index is 13.8. The Labute approximate surface area is 265 Å². The summed E-state index contributed by atoms with van der Waals surface area (Å²) < 4.78 is 25.9. The van der Waals surface area contributed by atoms with Gasteiger partial charge in [0.2, 0.25) is 0 Å². The highest BCUT2D eigenvalue weighted by Crippen LogP contribution is 2.37. The van der Waals surface area contributed by atoms with E-state index in [1.807, 2.05) is 36.2 Å². The van der Waals surface area contributed by atoms with Crippen molar-refractivity contribution in [3.05, 3.63) is 59.3 Å². The average Bonchev–Trinajstić information content (AvgIpc) is 3.82. The molecule has 2 atom stereocenters. The minimum absolute atomic E-state index is 0.0469. The molecule has 0 bridgehead atoms. The average molecular weight is 638 g/mol. The van der Waals surface area contributed by atoms with Gasteiger partial charge in [0, 0.05) is 48.7 Å². The van der Waals surface area contributed by atoms with Crippen LogP contribution in [0.4, 0.5) is 15.9 Å². The van der Waals surface area contributed by atoms with E-state index in [4.69, 9.17) is 31.0 Å². The Balaban J connectivity index is 1.33. The van der Waals surface area contributed by atoms with Gasteiger partial charge in [-0.3, -0.25) is 9.78 Å². The minimum Gasteiger partial charge on any atom is -0.459 e. The molecule has 44 heavy (non-hydrogen) atoms. The van der Waals surface area contributed by atoms with Gasteiger partial charge in [-0.2, -0.15) is 15.2 Å². The van der Waals surface area contributed by atoms with Gasteiger partial charge in [-0.15, -0.1) is 12.6 Å². The fourth-order valence-electron chi connectivity index (χ4n) is 5.86. The van der Waals surface area contributed by atoms with Gasteiger partial charge in [-0.05, 0) is 32.3 Å². The number of hydrogen-bond acceptors (Lipinski definition) is 10. The van der Waals surface area contributed by atoms with Crippen molar-refractivity contribution in [3.8, 4) is 12.1 Å². The van der Waals surface area contributed by atoms with Crippen LogP contribution in [0.2, 0.25) is 5.02 Å². The molecule has 1 saturated carbocycles. The van der Waals surface area contributed by atoms with E-state index in [2.05, 4.69) is 35.2 Å². The molecule has 2 fully saturated rings. The Morgan fingerprint density at radius 2 is 2.07 bits per heavy atom. The molecule has 1 saturated heterocycles. The molecule has 13 heteroatoms. The second-order valence-electron chi connectivity index (χ2n) is 11.6. The largest absolute Gasteiger partial charge is 0.459 e. The second-order valence-corrected chi connectivity index (χ2v) is 12.9. The van der Waals surface area contributed by atoms with Crippen molar-refractivity contribution in [2.75, 3.05) is 42.6 Å². The highest BCUT2D eigenvalue weighted by atomic mass is 35.5. The number of piperazine rings is 1. The third-order valence-corrected chi connectivity index (χ3v) is 8.64. The molecule has 3 aliphatic rings. The van der Waals surface area contributed by atoms with Crippen LogP contribution in [0.15, 0.2) is 43.0 Å². The van der Waals surface area contributed by atoms with Crippen LogP contribution >= 0.6 is 24.2 Å². The minimum atomic E-state index is -1.04. The van der Waals surface area contributed by atoms with Gasteiger partial charge in [0.15, 0.2) is 5.83 Å². The lowest BCUT2D eigenvalue weighted by molar-refractivity contribution is -0.131. The summed E-state index contributed by atoms with van der Waals surface area (Å²) in [6.07, 6.45) is 6.50. The number of thiol groups is 1. The van der Waals surface area contributed by atoms with Crippen molar-refractivity contribution >= 4 is 52.4 Å². The lowest BCUT2D eigenvalue weighted by Gasteiger charge is -2.42. The van der Waals surface area contributed by atoms with E-state index in [-0.39, 0.29) is 31.7 Å². The standard InChI is InChI=1S/C31H33ClFN7O3S/c1-19(33)29(41)40-13-12-39(16-21(40)8-10-34)28-23-9-11-38(26-15-35-14-20-4-3-5-24(32)27(20)26)17-25(23)36-30(37-28)42-18-31(2,44)43-22-6-7-22/h3-5,14-15,21-22,44H,1,6-9,11-13,16-18H2,2H3/t21-,31-/m0/s1. The molecule has 10 nitrogen and oxygen atoms in total. The summed E-state index contributed by atoms with van der Waals surface area (Å²) >= 11 is 11.3. The van der Waals surface area contributed by atoms with Crippen molar-refractivity contribution in [1.82, 2.24) is 19.9 Å². The summed E-state index contributed by atoms with van der Waals surface area (Å²) in [4.78, 5) is 31.4. The highest BCUT2D eigenvalue weighted by Gasteiger charge is 2.36. The van der Waals surface area contributed by atoms with Crippen molar-refractivity contribution in [1.29, 1.82) is 5.26 Å². The van der Waals surface area contributed by atoms with E-state index in [9.17, 15) is 14.4 Å². The number of ether oxygens (including phenoxy) is 2. The monoisotopic (exact) mass is 637 g/mol. The zero-order valence-corrected chi connectivity index (χ0v) is 26.0. The molecular formula is C31H33ClFN7O3S. The lowest BCUT2D eigenvalue weighted by Crippen LogP contribution is -2.55. The number of rotatable bonds is 9. The van der Waals surface area contributed by atoms with E-state index in [0.717, 1.165) is 40.6 Å². The summed E-state index contributed by atoms with van der Waals surface area (Å²) in [5.41, 5.74) is 2.66. The highest BCUT2D eigenvalue weighted by molar-refractivity contribution is 7.81. The van der Waals surface area contributed by atoms with Gasteiger partial charge in [0.25, 0.3) is 5.91 Å². The zero-order valence-electron chi connectivity index (χ0n) is 24.4. The van der Waals surface area contributed by atoms with Crippen molar-refractivity contribution in [2.24, 2.45) is 0 Å². The first-order valence-electron chi connectivity index (χ1n) is 14.6. The number of nitrogens with zero attached hydrogens (tertiary/aromatic N) is 7. The molecule has 0 radical (unpaired) electrons. The Kier molecular flexibility index (Phi) is 8.55. The number of amides is 1. The molecule has 3 aromatic rings. The molecule has 1 aliphatic carbocycles. The Bertz CT molecular complexity index is 1640. The number of fused-ring (bicyclic) bond motifs is 2. The van der Waals surface area contributed by atoms with Crippen molar-refractivity contribution < 1.29 is 18.7 Å². The number of halogens is 2. The summed E-state index contributed by atoms with van der Waals surface area (Å²) in [7, 11) is 0. The topological polar surface area (TPSA) is 108 Å². The number of aromatic nitrogens is 3. The predicted octanol–water partition coefficient (Wildman–Crippen LogP) is 4.86. The number of benzene rings is 1. The number of anilines is 2. The van der Waals surface area contributed by atoms with E-state index in [1.165, 1.54) is 4.90 Å². The Morgan fingerprint density at radius 1 is 1.25 bits per heavy atom. The molecule has 1 aromatic carbocycles. The first-order valence-corrected chi connectivity index (χ1v) is 15.4. The number of hydrogen-bond donors (Lipinski definition) is 1. The van der Waals surface area contributed by atoms with Gasteiger partial charge in [0.05, 0.1) is 53.8 Å². The summed E-state index contributed by atoms with van der Waals surface area (Å²) in [5, 5.41) is 12.0. The third kappa shape index (κ3) is 6.41. The molecule has 230 valence electrons. The molecule has 2 aromatic heterocycles. The van der Waals surface area contributed by atoms with Gasteiger partial charge in [0.1, 0.15) is 17.4 Å². The molecule has 0 spiro atoms. The predicted molar refractivity (Wildman–Crippen MR) is 169 cm³/mol. The molecule has 0 N–H and O–H groups in total. The molecule has 4 heterocycles. The maximum atomic E-state index is 13.8. The van der Waals surface area contributed by atoms with Crippen LogP contribution in [-0.4, -0.2) is 75.6 Å². The van der Waals surface area contributed by atoms with Crippen LogP contribution in [-0.2, 0) is 22.5 Å². The van der Waals surface area contributed by atoms with Crippen LogP contribution in [0.25, 0.3) is 10.8 Å². The van der Waals surface area contributed by atoms with Gasteiger partial charge in [-0.1, -0.05) is 30.3 Å². The van der Waals surface area contributed by atoms with Crippen LogP contribution < -0.4 is 14.5 Å². The maximum Gasteiger partial charge on any atom is 0.318 e. The van der Waals surface area contributed by atoms with Crippen LogP contribution in [0.5, 0.6) is 6.01 Å². The molecule has 1 amide bonds. The zero-order chi connectivity index (χ0) is 31.0. The number of nitriles is 1. The van der Waals surface area contributed by atoms with Gasteiger partial charge < -0.3 is 24.2 Å². The van der Waals surface area contributed by atoms with E-state index < -0.39 is 22.7 Å². The Morgan fingerprint density at radius 3 is 2.82 bits per heavy atom. The second kappa shape index (κ2) is 12.4. The molecule has 0 unspecified atom stereocenters. The molecule has 6 rings (SSSR count). The van der Waals surface area contributed by atoms with E-state index >= 15 is 0 Å². The lowest BCUT2D eigenvalue weighted by atomic mass is 10.0. The molecule has 2 aliphatic heterocycles. The van der Waals surface area contributed by atoms with Crippen LogP contribution in [0.1, 0.15) is 37.4 Å². The van der Waals surface area contributed by atoms with E-state index in [0.29, 0.717) is 43.4 Å². The van der Waals surface area contributed by atoms with Gasteiger partial charge >= 0.3 is 6.01 Å². The molecular weight excluding hydrogens is 605 g/mol.